The zero-order valence-electron chi connectivity index (χ0n) is 11.0. The van der Waals surface area contributed by atoms with Gasteiger partial charge in [0.25, 0.3) is 10.0 Å². The van der Waals surface area contributed by atoms with Crippen molar-refractivity contribution in [3.05, 3.63) is 40.6 Å². The number of nitrogens with zero attached hydrogens (tertiary/aromatic N) is 2. The summed E-state index contributed by atoms with van der Waals surface area (Å²) < 4.78 is 30.8. The lowest BCUT2D eigenvalue weighted by Gasteiger charge is -2.24. The number of hydrogen-bond donors (Lipinski definition) is 1. The van der Waals surface area contributed by atoms with Crippen LogP contribution in [-0.2, 0) is 10.0 Å². The molecule has 1 aliphatic rings. The lowest BCUT2D eigenvalue weighted by molar-refractivity contribution is 0.414. The lowest BCUT2D eigenvalue weighted by atomic mass is 9.75. The first-order valence-electron chi connectivity index (χ1n) is 6.02. The van der Waals surface area contributed by atoms with E-state index >= 15 is 0 Å². The Balaban J connectivity index is 1.98. The van der Waals surface area contributed by atoms with Crippen molar-refractivity contribution >= 4 is 40.1 Å². The fourth-order valence-electron chi connectivity index (χ4n) is 1.99. The molecule has 2 heterocycles. The van der Waals surface area contributed by atoms with Crippen molar-refractivity contribution in [2.24, 2.45) is 5.10 Å². The molecule has 0 atom stereocenters. The third kappa shape index (κ3) is 2.33. The molecule has 2 aromatic rings. The van der Waals surface area contributed by atoms with Crippen LogP contribution in [0.5, 0.6) is 5.75 Å². The molecular weight excluding hydrogens is 311 g/mol. The highest BCUT2D eigenvalue weighted by molar-refractivity contribution is 7.90. The van der Waals surface area contributed by atoms with Crippen LogP contribution >= 0.6 is 11.3 Å². The van der Waals surface area contributed by atoms with Crippen molar-refractivity contribution in [1.29, 1.82) is 0 Å². The molecule has 0 saturated heterocycles. The SMILES string of the molecule is COc1ccc(S(=O)(=O)N2N=Cc3sccc3B2O)cc1. The van der Waals surface area contributed by atoms with E-state index in [2.05, 4.69) is 5.10 Å². The van der Waals surface area contributed by atoms with Crippen molar-refractivity contribution < 1.29 is 18.2 Å². The summed E-state index contributed by atoms with van der Waals surface area (Å²) in [7, 11) is -3.74. The number of thiophene rings is 1. The largest absolute Gasteiger partial charge is 0.497 e. The maximum atomic E-state index is 12.5. The van der Waals surface area contributed by atoms with Gasteiger partial charge >= 0.3 is 7.05 Å². The molecule has 1 N–H and O–H groups in total. The van der Waals surface area contributed by atoms with Gasteiger partial charge in [0.2, 0.25) is 0 Å². The minimum absolute atomic E-state index is 0.0400. The van der Waals surface area contributed by atoms with Gasteiger partial charge in [-0.05, 0) is 35.1 Å². The van der Waals surface area contributed by atoms with Gasteiger partial charge in [-0.2, -0.15) is 9.43 Å². The Kier molecular flexibility index (Phi) is 3.48. The summed E-state index contributed by atoms with van der Waals surface area (Å²) in [6.45, 7) is 0. The molecule has 1 aromatic heterocycles. The van der Waals surface area contributed by atoms with Crippen LogP contribution in [0.4, 0.5) is 0 Å². The monoisotopic (exact) mass is 322 g/mol. The predicted molar refractivity (Wildman–Crippen MR) is 81.5 cm³/mol. The number of sulfonamides is 1. The number of benzene rings is 1. The molecule has 3 rings (SSSR count). The van der Waals surface area contributed by atoms with Crippen molar-refractivity contribution in [3.63, 3.8) is 0 Å². The molecule has 0 aliphatic carbocycles. The van der Waals surface area contributed by atoms with Crippen LogP contribution in [0.3, 0.4) is 0 Å². The molecule has 108 valence electrons. The quantitative estimate of drug-likeness (QED) is 0.834. The van der Waals surface area contributed by atoms with Crippen molar-refractivity contribution in [2.75, 3.05) is 7.11 Å². The highest BCUT2D eigenvalue weighted by Crippen LogP contribution is 2.22. The molecule has 0 fully saturated rings. The van der Waals surface area contributed by atoms with E-state index in [4.69, 9.17) is 4.74 Å². The van der Waals surface area contributed by atoms with Crippen LogP contribution in [0.2, 0.25) is 0 Å². The molecule has 9 heteroatoms. The molecule has 1 aromatic carbocycles. The van der Waals surface area contributed by atoms with Crippen molar-refractivity contribution in [3.8, 4) is 5.75 Å². The van der Waals surface area contributed by atoms with E-state index in [0.29, 0.717) is 15.5 Å². The van der Waals surface area contributed by atoms with Crippen LogP contribution in [0.25, 0.3) is 0 Å². The van der Waals surface area contributed by atoms with E-state index in [-0.39, 0.29) is 4.90 Å². The van der Waals surface area contributed by atoms with Gasteiger partial charge in [-0.25, -0.2) is 8.42 Å². The number of rotatable bonds is 3. The zero-order valence-corrected chi connectivity index (χ0v) is 12.6. The minimum atomic E-state index is -3.92. The van der Waals surface area contributed by atoms with Gasteiger partial charge in [-0.1, -0.05) is 6.07 Å². The second kappa shape index (κ2) is 5.17. The van der Waals surface area contributed by atoms with Crippen molar-refractivity contribution in [1.82, 2.24) is 4.33 Å². The van der Waals surface area contributed by atoms with Gasteiger partial charge in [0.15, 0.2) is 0 Å². The topological polar surface area (TPSA) is 79.2 Å². The van der Waals surface area contributed by atoms with Crippen LogP contribution < -0.4 is 10.2 Å². The van der Waals surface area contributed by atoms with Gasteiger partial charge in [0.05, 0.1) is 18.2 Å². The summed E-state index contributed by atoms with van der Waals surface area (Å²) in [5.74, 6) is 0.553. The molecule has 1 aliphatic heterocycles. The van der Waals surface area contributed by atoms with E-state index in [1.54, 1.807) is 23.6 Å². The van der Waals surface area contributed by atoms with E-state index in [1.807, 2.05) is 0 Å². The molecule has 0 saturated carbocycles. The summed E-state index contributed by atoms with van der Waals surface area (Å²) in [6.07, 6.45) is 1.44. The highest BCUT2D eigenvalue weighted by atomic mass is 32.2. The Labute approximate surface area is 126 Å². The number of ether oxygens (including phenoxy) is 1. The molecule has 0 amide bonds. The fourth-order valence-corrected chi connectivity index (χ4v) is 4.01. The van der Waals surface area contributed by atoms with Crippen molar-refractivity contribution in [2.45, 2.75) is 4.90 Å². The predicted octanol–water partition coefficient (Wildman–Crippen LogP) is 0.483. The average Bonchev–Trinajstić information content (AvgIpc) is 2.97. The standard InChI is InChI=1S/C12H11BN2O4S2/c1-19-9-2-4-10(5-3-9)21(17,18)15-13(16)11-6-7-20-12(11)8-14-15/h2-8,16H,1H3. The molecule has 0 radical (unpaired) electrons. The van der Waals surface area contributed by atoms with E-state index in [1.165, 1.54) is 36.8 Å². The molecule has 6 nitrogen and oxygen atoms in total. The highest BCUT2D eigenvalue weighted by Gasteiger charge is 2.38. The first kappa shape index (κ1) is 14.1. The van der Waals surface area contributed by atoms with Crippen LogP contribution in [0.1, 0.15) is 4.88 Å². The molecule has 21 heavy (non-hydrogen) atoms. The third-order valence-corrected chi connectivity index (χ3v) is 5.63. The van der Waals surface area contributed by atoms with E-state index in [0.717, 1.165) is 4.88 Å². The van der Waals surface area contributed by atoms with Gasteiger partial charge in [-0.15, -0.1) is 11.3 Å². The van der Waals surface area contributed by atoms with Crippen LogP contribution in [0, 0.1) is 0 Å². The summed E-state index contributed by atoms with van der Waals surface area (Å²) in [5, 5.41) is 15.9. The summed E-state index contributed by atoms with van der Waals surface area (Å²) in [4.78, 5) is 0.793. The van der Waals surface area contributed by atoms with E-state index < -0.39 is 17.1 Å². The van der Waals surface area contributed by atoms with Gasteiger partial charge in [0, 0.05) is 4.88 Å². The maximum absolute atomic E-state index is 12.5. The fraction of sp³-hybridized carbons (Fsp3) is 0.0833. The maximum Gasteiger partial charge on any atom is 0.485 e. The number of hydrogen-bond acceptors (Lipinski definition) is 6. The Hall–Kier alpha value is -1.84. The summed E-state index contributed by atoms with van der Waals surface area (Å²) >= 11 is 1.40. The van der Waals surface area contributed by atoms with Gasteiger partial charge in [-0.3, -0.25) is 0 Å². The summed E-state index contributed by atoms with van der Waals surface area (Å²) in [6, 6.07) is 7.61. The average molecular weight is 322 g/mol. The second-order valence-electron chi connectivity index (χ2n) is 4.31. The Morgan fingerprint density at radius 2 is 2.00 bits per heavy atom. The first-order valence-corrected chi connectivity index (χ1v) is 8.34. The lowest BCUT2D eigenvalue weighted by Crippen LogP contribution is -2.51. The minimum Gasteiger partial charge on any atom is -0.497 e. The Morgan fingerprint density at radius 3 is 2.67 bits per heavy atom. The summed E-state index contributed by atoms with van der Waals surface area (Å²) in [5.41, 5.74) is 0.534. The Morgan fingerprint density at radius 1 is 1.29 bits per heavy atom. The van der Waals surface area contributed by atoms with Crippen LogP contribution in [-0.4, -0.2) is 38.1 Å². The van der Waals surface area contributed by atoms with Crippen LogP contribution in [0.15, 0.2) is 45.7 Å². The second-order valence-corrected chi connectivity index (χ2v) is 7.05. The van der Waals surface area contributed by atoms with Gasteiger partial charge < -0.3 is 9.76 Å². The zero-order chi connectivity index (χ0) is 15.0. The smallest absolute Gasteiger partial charge is 0.485 e. The first-order chi connectivity index (χ1) is 10.0. The molecule has 0 spiro atoms. The van der Waals surface area contributed by atoms with Gasteiger partial charge in [0.1, 0.15) is 5.75 Å². The normalized spacial score (nSPS) is 14.2. The molecule has 0 bridgehead atoms. The van der Waals surface area contributed by atoms with E-state index in [9.17, 15) is 13.4 Å². The molecule has 0 unspecified atom stereocenters. The number of hydrazone groups is 1. The molecular formula is C12H11BN2O4S2. The number of methoxy groups -OCH3 is 1. The number of fused-ring (bicyclic) bond motifs is 1. The Bertz CT molecular complexity index is 786. The third-order valence-electron chi connectivity index (χ3n) is 3.11.